The molecule has 0 heterocycles. The van der Waals surface area contributed by atoms with Crippen LogP contribution < -0.4 is 10.1 Å². The largest absolute Gasteiger partial charge is 0.484 e. The minimum absolute atomic E-state index is 0.122. The summed E-state index contributed by atoms with van der Waals surface area (Å²) < 4.78 is 5.13. The molecule has 2 N–H and O–H groups in total. The van der Waals surface area contributed by atoms with Gasteiger partial charge < -0.3 is 15.2 Å². The fourth-order valence-corrected chi connectivity index (χ4v) is 1.44. The molecular weight excluding hydrogens is 280 g/mol. The predicted octanol–water partition coefficient (Wildman–Crippen LogP) is 1.20. The van der Waals surface area contributed by atoms with E-state index in [0.29, 0.717) is 6.42 Å². The molecule has 0 radical (unpaired) electrons. The van der Waals surface area contributed by atoms with Crippen LogP contribution in [0, 0.1) is 16.0 Å². The number of benzene rings is 1. The molecule has 0 aliphatic rings. The Hall–Kier alpha value is -2.64. The van der Waals surface area contributed by atoms with E-state index in [1.807, 2.05) is 0 Å². The quantitative estimate of drug-likeness (QED) is 0.549. The van der Waals surface area contributed by atoms with Crippen molar-refractivity contribution in [2.45, 2.75) is 13.3 Å². The van der Waals surface area contributed by atoms with Crippen molar-refractivity contribution in [3.05, 3.63) is 34.4 Å². The van der Waals surface area contributed by atoms with E-state index in [1.54, 1.807) is 6.92 Å². The van der Waals surface area contributed by atoms with E-state index >= 15 is 0 Å². The van der Waals surface area contributed by atoms with Gasteiger partial charge in [-0.3, -0.25) is 19.7 Å². The van der Waals surface area contributed by atoms with Gasteiger partial charge in [0, 0.05) is 12.6 Å². The number of carbonyl (C=O) groups is 2. The topological polar surface area (TPSA) is 119 Å². The molecule has 0 aliphatic carbocycles. The fraction of sp³-hybridized carbons (Fsp3) is 0.385. The van der Waals surface area contributed by atoms with E-state index in [4.69, 9.17) is 9.84 Å². The summed E-state index contributed by atoms with van der Waals surface area (Å²) in [4.78, 5) is 32.1. The Bertz CT molecular complexity index is 531. The van der Waals surface area contributed by atoms with Crippen molar-refractivity contribution in [1.82, 2.24) is 5.32 Å². The molecule has 1 amide bonds. The molecule has 0 aliphatic heterocycles. The molecule has 8 heteroatoms. The highest BCUT2D eigenvalue weighted by atomic mass is 16.6. The average molecular weight is 296 g/mol. The van der Waals surface area contributed by atoms with E-state index in [9.17, 15) is 19.7 Å². The van der Waals surface area contributed by atoms with Crippen LogP contribution in [-0.2, 0) is 9.59 Å². The molecule has 0 bridgehead atoms. The maximum Gasteiger partial charge on any atom is 0.306 e. The second-order valence-corrected chi connectivity index (χ2v) is 4.42. The summed E-state index contributed by atoms with van der Waals surface area (Å²) in [5, 5.41) is 21.8. The minimum atomic E-state index is -0.919. The molecule has 1 atom stereocenters. The number of amides is 1. The van der Waals surface area contributed by atoms with Crippen molar-refractivity contribution >= 4 is 17.6 Å². The van der Waals surface area contributed by atoms with Crippen LogP contribution in [0.3, 0.4) is 0 Å². The Kier molecular flexibility index (Phi) is 6.12. The van der Waals surface area contributed by atoms with Crippen molar-refractivity contribution in [2.24, 2.45) is 5.92 Å². The number of ether oxygens (including phenoxy) is 1. The summed E-state index contributed by atoms with van der Waals surface area (Å²) in [7, 11) is 0. The Morgan fingerprint density at radius 1 is 1.48 bits per heavy atom. The summed E-state index contributed by atoms with van der Waals surface area (Å²) in [5.41, 5.74) is -0.122. The maximum absolute atomic E-state index is 11.5. The third kappa shape index (κ3) is 5.89. The van der Waals surface area contributed by atoms with Crippen molar-refractivity contribution < 1.29 is 24.4 Å². The van der Waals surface area contributed by atoms with E-state index in [1.165, 1.54) is 24.3 Å². The van der Waals surface area contributed by atoms with Gasteiger partial charge in [-0.25, -0.2) is 0 Å². The van der Waals surface area contributed by atoms with Crippen LogP contribution in [0.5, 0.6) is 5.75 Å². The maximum atomic E-state index is 11.5. The predicted molar refractivity (Wildman–Crippen MR) is 73.0 cm³/mol. The lowest BCUT2D eigenvalue weighted by Gasteiger charge is -2.09. The third-order valence-corrected chi connectivity index (χ3v) is 2.72. The normalized spacial score (nSPS) is 11.5. The lowest BCUT2D eigenvalue weighted by molar-refractivity contribution is -0.384. The molecule has 0 fully saturated rings. The van der Waals surface area contributed by atoms with E-state index in [-0.39, 0.29) is 24.6 Å². The molecule has 1 rings (SSSR count). The van der Waals surface area contributed by atoms with Gasteiger partial charge in [0.15, 0.2) is 6.61 Å². The molecule has 1 aromatic carbocycles. The molecule has 8 nitrogen and oxygen atoms in total. The van der Waals surface area contributed by atoms with Gasteiger partial charge in [0.2, 0.25) is 0 Å². The van der Waals surface area contributed by atoms with Gasteiger partial charge in [-0.2, -0.15) is 0 Å². The SMILES string of the molecule is CC(CCNC(=O)COc1cccc([N+](=O)[O-])c1)C(=O)O. The number of nitrogens with one attached hydrogen (secondary N) is 1. The highest BCUT2D eigenvalue weighted by Crippen LogP contribution is 2.18. The van der Waals surface area contributed by atoms with Crippen molar-refractivity contribution in [2.75, 3.05) is 13.2 Å². The molecule has 0 spiro atoms. The summed E-state index contributed by atoms with van der Waals surface area (Å²) >= 11 is 0. The molecular formula is C13H16N2O6. The minimum Gasteiger partial charge on any atom is -0.484 e. The van der Waals surface area contributed by atoms with E-state index < -0.39 is 22.7 Å². The number of nitro benzene ring substituents is 1. The molecule has 1 aromatic rings. The molecule has 114 valence electrons. The van der Waals surface area contributed by atoms with Crippen LogP contribution in [0.15, 0.2) is 24.3 Å². The number of hydrogen-bond donors (Lipinski definition) is 2. The second kappa shape index (κ2) is 7.83. The summed E-state index contributed by atoms with van der Waals surface area (Å²) in [6.45, 7) is 1.49. The van der Waals surface area contributed by atoms with E-state index in [0.717, 1.165) is 0 Å². The van der Waals surface area contributed by atoms with Crippen LogP contribution in [0.4, 0.5) is 5.69 Å². The van der Waals surface area contributed by atoms with Crippen LogP contribution in [0.25, 0.3) is 0 Å². The number of non-ortho nitro benzene ring substituents is 1. The lowest BCUT2D eigenvalue weighted by Crippen LogP contribution is -2.31. The van der Waals surface area contributed by atoms with Gasteiger partial charge in [-0.1, -0.05) is 13.0 Å². The van der Waals surface area contributed by atoms with Gasteiger partial charge >= 0.3 is 5.97 Å². The monoisotopic (exact) mass is 296 g/mol. The summed E-state index contributed by atoms with van der Waals surface area (Å²) in [6, 6.07) is 5.51. The Labute approximate surface area is 120 Å². The highest BCUT2D eigenvalue weighted by Gasteiger charge is 2.11. The number of rotatable bonds is 8. The lowest BCUT2D eigenvalue weighted by atomic mass is 10.1. The van der Waals surface area contributed by atoms with Gasteiger partial charge in [0.1, 0.15) is 5.75 Å². The van der Waals surface area contributed by atoms with Crippen LogP contribution in [0.2, 0.25) is 0 Å². The number of carbonyl (C=O) groups excluding carboxylic acids is 1. The Morgan fingerprint density at radius 3 is 2.81 bits per heavy atom. The zero-order chi connectivity index (χ0) is 15.8. The first kappa shape index (κ1) is 16.4. The Morgan fingerprint density at radius 2 is 2.19 bits per heavy atom. The summed E-state index contributed by atoms with van der Waals surface area (Å²) in [6.07, 6.45) is 0.317. The van der Waals surface area contributed by atoms with Gasteiger partial charge in [-0.05, 0) is 12.5 Å². The van der Waals surface area contributed by atoms with E-state index in [2.05, 4.69) is 5.32 Å². The standard InChI is InChI=1S/C13H16N2O6/c1-9(13(17)18)5-6-14-12(16)8-21-11-4-2-3-10(7-11)15(19)20/h2-4,7,9H,5-6,8H2,1H3,(H,14,16)(H,17,18). The first-order valence-corrected chi connectivity index (χ1v) is 6.27. The molecule has 21 heavy (non-hydrogen) atoms. The van der Waals surface area contributed by atoms with Crippen LogP contribution >= 0.6 is 0 Å². The summed E-state index contributed by atoms with van der Waals surface area (Å²) in [5.74, 6) is -1.66. The number of nitro groups is 1. The molecule has 0 saturated heterocycles. The number of nitrogens with zero attached hydrogens (tertiary/aromatic N) is 1. The van der Waals surface area contributed by atoms with Gasteiger partial charge in [0.25, 0.3) is 11.6 Å². The van der Waals surface area contributed by atoms with Crippen molar-refractivity contribution in [3.63, 3.8) is 0 Å². The number of hydrogen-bond acceptors (Lipinski definition) is 5. The Balaban J connectivity index is 2.34. The third-order valence-electron chi connectivity index (χ3n) is 2.72. The first-order valence-electron chi connectivity index (χ1n) is 6.27. The number of carboxylic acid groups (broad SMARTS) is 1. The number of carboxylic acids is 1. The smallest absolute Gasteiger partial charge is 0.306 e. The second-order valence-electron chi connectivity index (χ2n) is 4.42. The van der Waals surface area contributed by atoms with Crippen LogP contribution in [-0.4, -0.2) is 35.1 Å². The number of aliphatic carboxylic acids is 1. The van der Waals surface area contributed by atoms with Gasteiger partial charge in [0.05, 0.1) is 16.9 Å². The first-order chi connectivity index (χ1) is 9.90. The zero-order valence-electron chi connectivity index (χ0n) is 11.4. The van der Waals surface area contributed by atoms with Crippen molar-refractivity contribution in [3.8, 4) is 5.75 Å². The van der Waals surface area contributed by atoms with Crippen molar-refractivity contribution in [1.29, 1.82) is 0 Å². The highest BCUT2D eigenvalue weighted by molar-refractivity contribution is 5.77. The molecule has 0 saturated carbocycles. The van der Waals surface area contributed by atoms with Gasteiger partial charge in [-0.15, -0.1) is 0 Å². The molecule has 0 aromatic heterocycles. The molecule has 1 unspecified atom stereocenters. The fourth-order valence-electron chi connectivity index (χ4n) is 1.44. The zero-order valence-corrected chi connectivity index (χ0v) is 11.4. The average Bonchev–Trinajstić information content (AvgIpc) is 2.45. The van der Waals surface area contributed by atoms with Crippen LogP contribution in [0.1, 0.15) is 13.3 Å².